The van der Waals surface area contributed by atoms with Crippen LogP contribution in [0, 0.1) is 11.3 Å². The minimum absolute atomic E-state index is 0.0107. The molecule has 0 spiro atoms. The highest BCUT2D eigenvalue weighted by Crippen LogP contribution is 2.47. The molecule has 5 nitrogen and oxygen atoms in total. The van der Waals surface area contributed by atoms with Gasteiger partial charge in [0.05, 0.1) is 73.4 Å². The lowest BCUT2D eigenvalue weighted by atomic mass is 9.94. The zero-order valence-corrected chi connectivity index (χ0v) is 36.2. The number of para-hydroxylation sites is 2. The molecule has 0 saturated heterocycles. The Bertz CT molecular complexity index is 3750. The largest absolute Gasteiger partial charge is 0.417 e. The second kappa shape index (κ2) is 16.1. The number of hydrogen-bond donors (Lipinski definition) is 0. The van der Waals surface area contributed by atoms with Crippen LogP contribution in [0.1, 0.15) is 11.1 Å². The highest BCUT2D eigenvalue weighted by molar-refractivity contribution is 6.13. The number of hydrogen-bond acceptors (Lipinski definition) is 3. The van der Waals surface area contributed by atoms with Crippen LogP contribution in [0.4, 0.5) is 13.2 Å². The Kier molecular flexibility index (Phi) is 9.59. The minimum Gasteiger partial charge on any atom is -0.308 e. The van der Waals surface area contributed by atoms with Crippen LogP contribution in [-0.4, -0.2) is 19.1 Å². The number of nitriles is 1. The maximum Gasteiger partial charge on any atom is 0.417 e. The zero-order valence-electron chi connectivity index (χ0n) is 36.2. The Morgan fingerprint density at radius 3 is 1.26 bits per heavy atom. The molecular weight excluding hydrogens is 848 g/mol. The van der Waals surface area contributed by atoms with Gasteiger partial charge in [-0.3, -0.25) is 0 Å². The predicted octanol–water partition coefficient (Wildman–Crippen LogP) is 15.9. The number of benzene rings is 8. The number of alkyl halides is 3. The van der Waals surface area contributed by atoms with Gasteiger partial charge in [-0.1, -0.05) is 140 Å². The molecule has 0 aliphatic carbocycles. The maximum atomic E-state index is 15.4. The molecular formula is C60H36F3N5. The van der Waals surface area contributed by atoms with Gasteiger partial charge in [0.2, 0.25) is 0 Å². The van der Waals surface area contributed by atoms with Crippen molar-refractivity contribution in [1.82, 2.24) is 19.1 Å². The number of rotatable bonds is 7. The fourth-order valence-corrected chi connectivity index (χ4v) is 9.77. The molecule has 8 heteroatoms. The first-order chi connectivity index (χ1) is 33.3. The molecule has 0 aliphatic rings. The number of nitrogens with zero attached hydrogens (tertiary/aromatic N) is 5. The maximum absolute atomic E-state index is 15.4. The Balaban J connectivity index is 1.13. The van der Waals surface area contributed by atoms with Crippen molar-refractivity contribution in [1.29, 1.82) is 5.26 Å². The summed E-state index contributed by atoms with van der Waals surface area (Å²) in [4.78, 5) is 10.1. The molecule has 322 valence electrons. The van der Waals surface area contributed by atoms with Crippen LogP contribution < -0.4 is 0 Å². The Labute approximate surface area is 388 Å². The molecule has 12 rings (SSSR count). The molecule has 0 unspecified atom stereocenters. The van der Waals surface area contributed by atoms with E-state index in [4.69, 9.17) is 9.97 Å². The molecule has 0 bridgehead atoms. The number of fused-ring (bicyclic) bond motifs is 6. The van der Waals surface area contributed by atoms with E-state index in [9.17, 15) is 5.26 Å². The summed E-state index contributed by atoms with van der Waals surface area (Å²) in [6.45, 7) is 0. The first kappa shape index (κ1) is 40.4. The number of pyridine rings is 2. The summed E-state index contributed by atoms with van der Waals surface area (Å²) in [5.74, 6) is 0. The van der Waals surface area contributed by atoms with E-state index >= 15 is 13.2 Å². The fourth-order valence-electron chi connectivity index (χ4n) is 9.77. The second-order valence-corrected chi connectivity index (χ2v) is 16.8. The third-order valence-corrected chi connectivity index (χ3v) is 12.8. The summed E-state index contributed by atoms with van der Waals surface area (Å²) in [5, 5.41) is 14.4. The van der Waals surface area contributed by atoms with Crippen LogP contribution in [0.15, 0.2) is 218 Å². The van der Waals surface area contributed by atoms with Gasteiger partial charge in [-0.05, 0) is 84.4 Å². The van der Waals surface area contributed by atoms with Crippen molar-refractivity contribution in [2.75, 3.05) is 0 Å². The van der Waals surface area contributed by atoms with Gasteiger partial charge in [-0.15, -0.1) is 0 Å². The van der Waals surface area contributed by atoms with Crippen LogP contribution in [-0.2, 0) is 6.18 Å². The molecule has 68 heavy (non-hydrogen) atoms. The van der Waals surface area contributed by atoms with Crippen molar-refractivity contribution < 1.29 is 13.2 Å². The van der Waals surface area contributed by atoms with E-state index in [0.717, 1.165) is 94.7 Å². The summed E-state index contributed by atoms with van der Waals surface area (Å²) in [6, 6.07) is 71.5. The van der Waals surface area contributed by atoms with Gasteiger partial charge in [0.1, 0.15) is 0 Å². The van der Waals surface area contributed by atoms with Gasteiger partial charge in [0.15, 0.2) is 0 Å². The van der Waals surface area contributed by atoms with E-state index in [2.05, 4.69) is 18.2 Å². The van der Waals surface area contributed by atoms with Gasteiger partial charge >= 0.3 is 6.18 Å². The van der Waals surface area contributed by atoms with Crippen LogP contribution in [0.3, 0.4) is 0 Å². The molecule has 8 aromatic carbocycles. The van der Waals surface area contributed by atoms with E-state index in [-0.39, 0.29) is 11.1 Å². The minimum atomic E-state index is -4.70. The fraction of sp³-hybridized carbons (Fsp3) is 0.0167. The number of aromatic nitrogens is 4. The van der Waals surface area contributed by atoms with E-state index in [1.165, 1.54) is 12.1 Å². The monoisotopic (exact) mass is 883 g/mol. The third-order valence-electron chi connectivity index (χ3n) is 12.8. The SMILES string of the molecule is N#Cc1cc(-n2c3ccccc3c3cc(-c4cccc(-c5ccccc5)n4)ccc32)c(-c2ccccc2C(F)(F)F)c(-n2c3ccccc3c3cc(-c4cccc(-c5ccccc5)n4)ccc32)c1. The zero-order chi connectivity index (χ0) is 45.9. The Morgan fingerprint density at radius 2 is 0.794 bits per heavy atom. The molecule has 4 heterocycles. The Hall–Kier alpha value is -9.06. The molecule has 12 aromatic rings. The molecule has 0 aliphatic heterocycles. The quantitative estimate of drug-likeness (QED) is 0.160. The third kappa shape index (κ3) is 6.79. The molecule has 0 N–H and O–H groups in total. The molecule has 4 aromatic heterocycles. The average molecular weight is 884 g/mol. The van der Waals surface area contributed by atoms with Crippen molar-refractivity contribution in [2.45, 2.75) is 6.18 Å². The van der Waals surface area contributed by atoms with Gasteiger partial charge in [0, 0.05) is 49.4 Å². The summed E-state index contributed by atoms with van der Waals surface area (Å²) in [7, 11) is 0. The first-order valence-corrected chi connectivity index (χ1v) is 22.2. The van der Waals surface area contributed by atoms with E-state index in [0.29, 0.717) is 16.9 Å². The van der Waals surface area contributed by atoms with Crippen LogP contribution in [0.25, 0.3) is 111 Å². The van der Waals surface area contributed by atoms with Crippen molar-refractivity contribution in [3.8, 4) is 73.6 Å². The second-order valence-electron chi connectivity index (χ2n) is 16.8. The standard InChI is InChI=1S/C60H36F3N5/c61-60(62,63)48-22-10-7-21-45(48)59-57(67-53-27-11-8-19-43(53)46-35-41(29-31-55(46)67)51-25-13-23-49(65-51)39-15-3-1-4-16-39)33-38(37-64)34-58(59)68-54-28-12-9-20-44(54)47-36-42(30-32-56(47)68)52-26-14-24-50(66-52)40-17-5-2-6-18-40/h1-36H. The van der Waals surface area contributed by atoms with Crippen LogP contribution >= 0.6 is 0 Å². The lowest BCUT2D eigenvalue weighted by Crippen LogP contribution is -2.10. The summed E-state index contributed by atoms with van der Waals surface area (Å²) in [5.41, 5.74) is 10.8. The Morgan fingerprint density at radius 1 is 0.382 bits per heavy atom. The van der Waals surface area contributed by atoms with Crippen molar-refractivity contribution >= 4 is 43.6 Å². The van der Waals surface area contributed by atoms with Crippen LogP contribution in [0.5, 0.6) is 0 Å². The van der Waals surface area contributed by atoms with Gasteiger partial charge < -0.3 is 9.13 Å². The lowest BCUT2D eigenvalue weighted by Gasteiger charge is -2.23. The normalized spacial score (nSPS) is 11.7. The van der Waals surface area contributed by atoms with Gasteiger partial charge in [-0.25, -0.2) is 9.97 Å². The van der Waals surface area contributed by atoms with Crippen LogP contribution in [0.2, 0.25) is 0 Å². The smallest absolute Gasteiger partial charge is 0.308 e. The highest BCUT2D eigenvalue weighted by atomic mass is 19.4. The van der Waals surface area contributed by atoms with Crippen molar-refractivity contribution in [3.63, 3.8) is 0 Å². The molecule has 0 atom stereocenters. The first-order valence-electron chi connectivity index (χ1n) is 22.2. The lowest BCUT2D eigenvalue weighted by molar-refractivity contribution is -0.137. The summed E-state index contributed by atoms with van der Waals surface area (Å²) in [6.07, 6.45) is -4.70. The van der Waals surface area contributed by atoms with Crippen molar-refractivity contribution in [3.05, 3.63) is 230 Å². The highest BCUT2D eigenvalue weighted by Gasteiger charge is 2.35. The summed E-state index contributed by atoms with van der Waals surface area (Å²) >= 11 is 0. The molecule has 0 radical (unpaired) electrons. The molecule has 0 fully saturated rings. The van der Waals surface area contributed by atoms with Gasteiger partial charge in [0.25, 0.3) is 0 Å². The average Bonchev–Trinajstić information content (AvgIpc) is 3.90. The van der Waals surface area contributed by atoms with Crippen molar-refractivity contribution in [2.24, 2.45) is 0 Å². The van der Waals surface area contributed by atoms with Gasteiger partial charge in [-0.2, -0.15) is 18.4 Å². The molecule has 0 saturated carbocycles. The number of halogens is 3. The molecule has 0 amide bonds. The summed E-state index contributed by atoms with van der Waals surface area (Å²) < 4.78 is 50.4. The van der Waals surface area contributed by atoms with E-state index in [1.807, 2.05) is 179 Å². The van der Waals surface area contributed by atoms with E-state index < -0.39 is 11.7 Å². The van der Waals surface area contributed by atoms with E-state index in [1.54, 1.807) is 18.2 Å². The topological polar surface area (TPSA) is 59.4 Å². The predicted molar refractivity (Wildman–Crippen MR) is 268 cm³/mol.